The van der Waals surface area contributed by atoms with Gasteiger partial charge < -0.3 is 10.2 Å². The minimum atomic E-state index is -0.0378. The van der Waals surface area contributed by atoms with Gasteiger partial charge in [-0.15, -0.1) is 0 Å². The number of rotatable bonds is 1. The second kappa shape index (κ2) is 4.84. The minimum Gasteiger partial charge on any atom is -0.339 e. The van der Waals surface area contributed by atoms with Crippen molar-refractivity contribution in [1.29, 1.82) is 0 Å². The highest BCUT2D eigenvalue weighted by Gasteiger charge is 2.51. The van der Waals surface area contributed by atoms with Crippen LogP contribution in [0.2, 0.25) is 0 Å². The van der Waals surface area contributed by atoms with Crippen LogP contribution in [0, 0.1) is 11.3 Å². The molecule has 1 aliphatic carbocycles. The molecular formula is C15H26N2O. The molecule has 3 fully saturated rings. The molecule has 2 aliphatic heterocycles. The largest absolute Gasteiger partial charge is 0.339 e. The molecule has 0 aromatic heterocycles. The monoisotopic (exact) mass is 250 g/mol. The first kappa shape index (κ1) is 12.5. The van der Waals surface area contributed by atoms with Gasteiger partial charge in [-0.2, -0.15) is 0 Å². The minimum absolute atomic E-state index is 0.0378. The van der Waals surface area contributed by atoms with Crippen LogP contribution in [0.15, 0.2) is 0 Å². The Morgan fingerprint density at radius 2 is 2.06 bits per heavy atom. The Kier molecular flexibility index (Phi) is 3.35. The molecule has 2 saturated heterocycles. The predicted octanol–water partition coefficient (Wildman–Crippen LogP) is 2.17. The van der Waals surface area contributed by atoms with Gasteiger partial charge in [0.25, 0.3) is 0 Å². The lowest BCUT2D eigenvalue weighted by molar-refractivity contribution is -0.148. The van der Waals surface area contributed by atoms with Gasteiger partial charge in [0.2, 0.25) is 5.91 Å². The van der Waals surface area contributed by atoms with Gasteiger partial charge in [0.15, 0.2) is 0 Å². The van der Waals surface area contributed by atoms with Crippen molar-refractivity contribution >= 4 is 5.91 Å². The molecule has 3 aliphatic rings. The van der Waals surface area contributed by atoms with Crippen molar-refractivity contribution in [3.8, 4) is 0 Å². The van der Waals surface area contributed by atoms with Gasteiger partial charge in [-0.1, -0.05) is 12.8 Å². The van der Waals surface area contributed by atoms with Crippen molar-refractivity contribution in [2.24, 2.45) is 11.3 Å². The lowest BCUT2D eigenvalue weighted by Crippen LogP contribution is -2.53. The highest BCUT2D eigenvalue weighted by Crippen LogP contribution is 2.45. The third kappa shape index (κ3) is 1.87. The fourth-order valence-corrected chi connectivity index (χ4v) is 4.35. The van der Waals surface area contributed by atoms with Crippen molar-refractivity contribution < 1.29 is 4.79 Å². The normalized spacial score (nSPS) is 40.6. The van der Waals surface area contributed by atoms with Gasteiger partial charge in [0, 0.05) is 19.1 Å². The van der Waals surface area contributed by atoms with Gasteiger partial charge in [0.05, 0.1) is 5.41 Å². The Bertz CT molecular complexity index is 330. The Balaban J connectivity index is 1.81. The molecule has 3 heteroatoms. The number of hydrogen-bond donors (Lipinski definition) is 1. The smallest absolute Gasteiger partial charge is 0.230 e. The summed E-state index contributed by atoms with van der Waals surface area (Å²) in [6, 6.07) is 0.462. The SMILES string of the molecule is CC1CCCCN1C(=O)[C@@]12CCCC[C@H]1CNC2. The Hall–Kier alpha value is -0.570. The third-order valence-corrected chi connectivity index (χ3v) is 5.53. The van der Waals surface area contributed by atoms with Crippen LogP contribution in [0.3, 0.4) is 0 Å². The molecule has 3 atom stereocenters. The molecule has 0 bridgehead atoms. The summed E-state index contributed by atoms with van der Waals surface area (Å²) in [5.74, 6) is 1.08. The summed E-state index contributed by atoms with van der Waals surface area (Å²) in [7, 11) is 0. The van der Waals surface area contributed by atoms with E-state index in [1.54, 1.807) is 0 Å². The van der Waals surface area contributed by atoms with Crippen LogP contribution >= 0.6 is 0 Å². The first-order valence-electron chi connectivity index (χ1n) is 7.76. The van der Waals surface area contributed by atoms with Crippen molar-refractivity contribution in [3.63, 3.8) is 0 Å². The number of piperidine rings is 1. The predicted molar refractivity (Wildman–Crippen MR) is 72.3 cm³/mol. The van der Waals surface area contributed by atoms with Gasteiger partial charge in [-0.25, -0.2) is 0 Å². The van der Waals surface area contributed by atoms with Crippen LogP contribution in [0.1, 0.15) is 51.9 Å². The van der Waals surface area contributed by atoms with Gasteiger partial charge >= 0.3 is 0 Å². The molecule has 1 saturated carbocycles. The second-order valence-corrected chi connectivity index (χ2v) is 6.57. The van der Waals surface area contributed by atoms with Crippen molar-refractivity contribution in [3.05, 3.63) is 0 Å². The van der Waals surface area contributed by atoms with Crippen LogP contribution in [-0.2, 0) is 4.79 Å². The molecule has 18 heavy (non-hydrogen) atoms. The zero-order chi connectivity index (χ0) is 12.6. The molecular weight excluding hydrogens is 224 g/mol. The maximum absolute atomic E-state index is 13.1. The maximum Gasteiger partial charge on any atom is 0.230 e. The Morgan fingerprint density at radius 3 is 2.89 bits per heavy atom. The lowest BCUT2D eigenvalue weighted by atomic mass is 9.67. The molecule has 3 nitrogen and oxygen atoms in total. The first-order valence-corrected chi connectivity index (χ1v) is 7.76. The molecule has 0 aromatic rings. The van der Waals surface area contributed by atoms with Crippen molar-refractivity contribution in [2.75, 3.05) is 19.6 Å². The van der Waals surface area contributed by atoms with Gasteiger partial charge in [-0.3, -0.25) is 4.79 Å². The summed E-state index contributed by atoms with van der Waals surface area (Å²) in [5, 5.41) is 3.49. The van der Waals surface area contributed by atoms with E-state index in [0.29, 0.717) is 17.9 Å². The topological polar surface area (TPSA) is 32.3 Å². The number of carbonyl (C=O) groups excluding carboxylic acids is 1. The molecule has 0 radical (unpaired) electrons. The van der Waals surface area contributed by atoms with E-state index in [2.05, 4.69) is 17.1 Å². The van der Waals surface area contributed by atoms with Crippen molar-refractivity contribution in [2.45, 2.75) is 57.9 Å². The quantitative estimate of drug-likeness (QED) is 0.773. The average Bonchev–Trinajstić information content (AvgIpc) is 2.83. The molecule has 3 rings (SSSR count). The zero-order valence-electron chi connectivity index (χ0n) is 11.6. The molecule has 0 spiro atoms. The number of likely N-dealkylation sites (tertiary alicyclic amines) is 1. The number of nitrogens with one attached hydrogen (secondary N) is 1. The van der Waals surface area contributed by atoms with Crippen LogP contribution in [0.4, 0.5) is 0 Å². The highest BCUT2D eigenvalue weighted by molar-refractivity contribution is 5.84. The molecule has 102 valence electrons. The first-order chi connectivity index (χ1) is 8.74. The van der Waals surface area contributed by atoms with E-state index in [1.165, 1.54) is 38.5 Å². The Labute approximate surface area is 110 Å². The third-order valence-electron chi connectivity index (χ3n) is 5.53. The molecule has 0 aromatic carbocycles. The van der Waals surface area contributed by atoms with Crippen LogP contribution in [0.25, 0.3) is 0 Å². The molecule has 1 N–H and O–H groups in total. The second-order valence-electron chi connectivity index (χ2n) is 6.57. The highest BCUT2D eigenvalue weighted by atomic mass is 16.2. The summed E-state index contributed by atoms with van der Waals surface area (Å²) in [4.78, 5) is 15.3. The molecule has 1 amide bonds. The molecule has 2 heterocycles. The van der Waals surface area contributed by atoms with E-state index in [0.717, 1.165) is 26.1 Å². The van der Waals surface area contributed by atoms with E-state index in [4.69, 9.17) is 0 Å². The van der Waals surface area contributed by atoms with Gasteiger partial charge in [0.1, 0.15) is 0 Å². The molecule has 1 unspecified atom stereocenters. The number of nitrogens with zero attached hydrogens (tertiary/aromatic N) is 1. The maximum atomic E-state index is 13.1. The number of fused-ring (bicyclic) bond motifs is 1. The zero-order valence-corrected chi connectivity index (χ0v) is 11.6. The fraction of sp³-hybridized carbons (Fsp3) is 0.933. The number of carbonyl (C=O) groups is 1. The van der Waals surface area contributed by atoms with E-state index in [9.17, 15) is 4.79 Å². The summed E-state index contributed by atoms with van der Waals surface area (Å²) < 4.78 is 0. The van der Waals surface area contributed by atoms with Crippen LogP contribution in [-0.4, -0.2) is 36.5 Å². The number of amides is 1. The van der Waals surface area contributed by atoms with Gasteiger partial charge in [-0.05, 0) is 51.5 Å². The summed E-state index contributed by atoms with van der Waals surface area (Å²) in [5.41, 5.74) is -0.0378. The lowest BCUT2D eigenvalue weighted by Gasteiger charge is -2.44. The van der Waals surface area contributed by atoms with Crippen molar-refractivity contribution in [1.82, 2.24) is 10.2 Å². The van der Waals surface area contributed by atoms with E-state index >= 15 is 0 Å². The summed E-state index contributed by atoms with van der Waals surface area (Å²) in [6.45, 7) is 5.22. The standard InChI is InChI=1S/C15H26N2O/c1-12-6-3-5-9-17(12)14(18)15-8-4-2-7-13(15)10-16-11-15/h12-13,16H,2-11H2,1H3/t12?,13-,15+/m0/s1. The van der Waals surface area contributed by atoms with E-state index < -0.39 is 0 Å². The van der Waals surface area contributed by atoms with Crippen LogP contribution in [0.5, 0.6) is 0 Å². The fourth-order valence-electron chi connectivity index (χ4n) is 4.35. The Morgan fingerprint density at radius 1 is 1.22 bits per heavy atom. The number of hydrogen-bond acceptors (Lipinski definition) is 2. The summed E-state index contributed by atoms with van der Waals surface area (Å²) >= 11 is 0. The average molecular weight is 250 g/mol. The van der Waals surface area contributed by atoms with Crippen LogP contribution < -0.4 is 5.32 Å². The van der Waals surface area contributed by atoms with E-state index in [1.807, 2.05) is 0 Å². The van der Waals surface area contributed by atoms with E-state index in [-0.39, 0.29) is 5.41 Å². The summed E-state index contributed by atoms with van der Waals surface area (Å²) in [6.07, 6.45) is 8.61.